The fourth-order valence-corrected chi connectivity index (χ4v) is 4.33. The fraction of sp³-hybridized carbons (Fsp3) is 0.562. The van der Waals surface area contributed by atoms with E-state index in [0.29, 0.717) is 5.75 Å². The fourth-order valence-electron chi connectivity index (χ4n) is 2.36. The van der Waals surface area contributed by atoms with E-state index in [2.05, 4.69) is 5.32 Å². The second kappa shape index (κ2) is 9.35. The van der Waals surface area contributed by atoms with Gasteiger partial charge in [0.25, 0.3) is 0 Å². The highest BCUT2D eigenvalue weighted by Crippen LogP contribution is 2.27. The molecule has 0 spiro atoms. The molecule has 0 radical (unpaired) electrons. The summed E-state index contributed by atoms with van der Waals surface area (Å²) in [7, 11) is 0. The lowest BCUT2D eigenvalue weighted by atomic mass is 10.0. The Morgan fingerprint density at radius 3 is 2.65 bits per heavy atom. The number of nitrogens with one attached hydrogen (secondary N) is 1. The maximum absolute atomic E-state index is 11.7. The highest BCUT2D eigenvalue weighted by atomic mass is 32.2. The summed E-state index contributed by atoms with van der Waals surface area (Å²) in [6.07, 6.45) is 6.91. The van der Waals surface area contributed by atoms with Gasteiger partial charge in [0.2, 0.25) is 5.91 Å². The van der Waals surface area contributed by atoms with Crippen molar-refractivity contribution in [3.8, 4) is 0 Å². The van der Waals surface area contributed by atoms with Gasteiger partial charge in [-0.05, 0) is 25.0 Å². The van der Waals surface area contributed by atoms with Gasteiger partial charge in [-0.1, -0.05) is 37.5 Å². The molecule has 2 nitrogen and oxygen atoms in total. The maximum atomic E-state index is 11.7. The van der Waals surface area contributed by atoms with Crippen LogP contribution >= 0.6 is 23.5 Å². The molecule has 0 heterocycles. The minimum atomic E-state index is 0.142. The molecule has 1 fully saturated rings. The van der Waals surface area contributed by atoms with Crippen molar-refractivity contribution in [3.05, 3.63) is 30.3 Å². The Morgan fingerprint density at radius 1 is 1.15 bits per heavy atom. The summed E-state index contributed by atoms with van der Waals surface area (Å²) >= 11 is 3.63. The zero-order valence-electron chi connectivity index (χ0n) is 11.8. The number of rotatable bonds is 7. The monoisotopic (exact) mass is 309 g/mol. The minimum absolute atomic E-state index is 0.142. The summed E-state index contributed by atoms with van der Waals surface area (Å²) < 4.78 is 0. The Hall–Kier alpha value is -0.610. The molecule has 1 aromatic carbocycles. The zero-order valence-corrected chi connectivity index (χ0v) is 13.5. The average Bonchev–Trinajstić information content (AvgIpc) is 2.52. The van der Waals surface area contributed by atoms with Gasteiger partial charge in [-0.3, -0.25) is 4.79 Å². The van der Waals surface area contributed by atoms with Crippen molar-refractivity contribution in [3.63, 3.8) is 0 Å². The Bertz CT molecular complexity index is 391. The van der Waals surface area contributed by atoms with E-state index in [1.807, 2.05) is 42.1 Å². The predicted molar refractivity (Wildman–Crippen MR) is 89.5 cm³/mol. The standard InChI is InChI=1S/C16H23NOS2/c18-16(13-20-15-9-5-2-6-10-15)17-11-12-19-14-7-3-1-4-8-14/h2,5-6,9-10,14H,1,3-4,7-8,11-13H2,(H,17,18). The van der Waals surface area contributed by atoms with Crippen LogP contribution in [0.2, 0.25) is 0 Å². The number of benzene rings is 1. The summed E-state index contributed by atoms with van der Waals surface area (Å²) in [5, 5.41) is 3.84. The summed E-state index contributed by atoms with van der Waals surface area (Å²) in [5.74, 6) is 1.70. The van der Waals surface area contributed by atoms with E-state index in [9.17, 15) is 4.79 Å². The second-order valence-corrected chi connectivity index (χ2v) is 7.54. The third kappa shape index (κ3) is 6.23. The number of thioether (sulfide) groups is 2. The van der Waals surface area contributed by atoms with Crippen molar-refractivity contribution in [1.29, 1.82) is 0 Å². The van der Waals surface area contributed by atoms with Crippen LogP contribution in [0.3, 0.4) is 0 Å². The van der Waals surface area contributed by atoms with Crippen LogP contribution in [0, 0.1) is 0 Å². The van der Waals surface area contributed by atoms with Crippen molar-refractivity contribution in [2.75, 3.05) is 18.1 Å². The lowest BCUT2D eigenvalue weighted by Crippen LogP contribution is -2.28. The molecule has 4 heteroatoms. The average molecular weight is 310 g/mol. The molecule has 0 atom stereocenters. The Morgan fingerprint density at radius 2 is 1.90 bits per heavy atom. The Kier molecular flexibility index (Phi) is 7.37. The highest BCUT2D eigenvalue weighted by Gasteiger charge is 2.13. The number of carbonyl (C=O) groups is 1. The molecule has 0 bridgehead atoms. The third-order valence-corrected chi connectivity index (χ3v) is 5.84. The van der Waals surface area contributed by atoms with Gasteiger partial charge in [-0.2, -0.15) is 11.8 Å². The normalized spacial score (nSPS) is 16.0. The molecule has 20 heavy (non-hydrogen) atoms. The molecule has 1 amide bonds. The quantitative estimate of drug-likeness (QED) is 0.610. The van der Waals surface area contributed by atoms with E-state index in [0.717, 1.165) is 22.4 Å². The van der Waals surface area contributed by atoms with Crippen LogP contribution in [0.25, 0.3) is 0 Å². The molecule has 1 N–H and O–H groups in total. The van der Waals surface area contributed by atoms with Gasteiger partial charge >= 0.3 is 0 Å². The van der Waals surface area contributed by atoms with Gasteiger partial charge in [0, 0.05) is 22.4 Å². The maximum Gasteiger partial charge on any atom is 0.230 e. The predicted octanol–water partition coefficient (Wildman–Crippen LogP) is 3.96. The molecule has 0 aliphatic heterocycles. The van der Waals surface area contributed by atoms with Crippen molar-refractivity contribution >= 4 is 29.4 Å². The molecule has 0 unspecified atom stereocenters. The molecule has 2 rings (SSSR count). The molecule has 0 saturated heterocycles. The van der Waals surface area contributed by atoms with Crippen molar-refractivity contribution in [1.82, 2.24) is 5.32 Å². The largest absolute Gasteiger partial charge is 0.355 e. The second-order valence-electron chi connectivity index (χ2n) is 5.08. The molecule has 1 aromatic rings. The van der Waals surface area contributed by atoms with E-state index >= 15 is 0 Å². The first-order valence-corrected chi connectivity index (χ1v) is 9.44. The SMILES string of the molecule is O=C(CSc1ccccc1)NCCSC1CCCCC1. The Balaban J connectivity index is 1.51. The van der Waals surface area contributed by atoms with Crippen LogP contribution in [-0.4, -0.2) is 29.2 Å². The van der Waals surface area contributed by atoms with Gasteiger partial charge in [0.15, 0.2) is 0 Å². The first-order chi connectivity index (χ1) is 9.84. The lowest BCUT2D eigenvalue weighted by molar-refractivity contribution is -0.118. The lowest BCUT2D eigenvalue weighted by Gasteiger charge is -2.20. The summed E-state index contributed by atoms with van der Waals surface area (Å²) in [4.78, 5) is 12.9. The summed E-state index contributed by atoms with van der Waals surface area (Å²) in [5.41, 5.74) is 0. The third-order valence-electron chi connectivity index (χ3n) is 3.44. The Labute approximate surface area is 130 Å². The highest BCUT2D eigenvalue weighted by molar-refractivity contribution is 8.00. The molecule has 0 aromatic heterocycles. The molecule has 1 aliphatic carbocycles. The van der Waals surface area contributed by atoms with E-state index in [-0.39, 0.29) is 5.91 Å². The van der Waals surface area contributed by atoms with Crippen LogP contribution in [0.5, 0.6) is 0 Å². The van der Waals surface area contributed by atoms with Gasteiger partial charge in [-0.15, -0.1) is 11.8 Å². The zero-order chi connectivity index (χ0) is 14.0. The van der Waals surface area contributed by atoms with Crippen molar-refractivity contribution < 1.29 is 4.79 Å². The van der Waals surface area contributed by atoms with Crippen molar-refractivity contribution in [2.24, 2.45) is 0 Å². The first-order valence-electron chi connectivity index (χ1n) is 7.41. The van der Waals surface area contributed by atoms with Gasteiger partial charge in [-0.25, -0.2) is 0 Å². The molecular weight excluding hydrogens is 286 g/mol. The van der Waals surface area contributed by atoms with E-state index in [4.69, 9.17) is 0 Å². The molecular formula is C16H23NOS2. The van der Waals surface area contributed by atoms with Crippen LogP contribution < -0.4 is 5.32 Å². The molecule has 1 saturated carbocycles. The van der Waals surface area contributed by atoms with E-state index < -0.39 is 0 Å². The minimum Gasteiger partial charge on any atom is -0.355 e. The molecule has 110 valence electrons. The number of amides is 1. The number of carbonyl (C=O) groups excluding carboxylic acids is 1. The molecule has 1 aliphatic rings. The van der Waals surface area contributed by atoms with Gasteiger partial charge < -0.3 is 5.32 Å². The van der Waals surface area contributed by atoms with Crippen LogP contribution in [0.4, 0.5) is 0 Å². The summed E-state index contributed by atoms with van der Waals surface area (Å²) in [6, 6.07) is 10.1. The first kappa shape index (κ1) is 15.8. The smallest absolute Gasteiger partial charge is 0.230 e. The topological polar surface area (TPSA) is 29.1 Å². The summed E-state index contributed by atoms with van der Waals surface area (Å²) in [6.45, 7) is 0.801. The van der Waals surface area contributed by atoms with Gasteiger partial charge in [0.1, 0.15) is 0 Å². The van der Waals surface area contributed by atoms with Crippen LogP contribution in [0.1, 0.15) is 32.1 Å². The number of hydrogen-bond donors (Lipinski definition) is 1. The van der Waals surface area contributed by atoms with Gasteiger partial charge in [0.05, 0.1) is 5.75 Å². The van der Waals surface area contributed by atoms with Crippen LogP contribution in [-0.2, 0) is 4.79 Å². The van der Waals surface area contributed by atoms with E-state index in [1.165, 1.54) is 32.1 Å². The van der Waals surface area contributed by atoms with Crippen molar-refractivity contribution in [2.45, 2.75) is 42.2 Å². The van der Waals surface area contributed by atoms with E-state index in [1.54, 1.807) is 11.8 Å². The number of hydrogen-bond acceptors (Lipinski definition) is 3. The van der Waals surface area contributed by atoms with Crippen LogP contribution in [0.15, 0.2) is 35.2 Å².